The number of nitrogens with zero attached hydrogens (tertiary/aromatic N) is 1. The van der Waals surface area contributed by atoms with E-state index in [1.54, 1.807) is 30.3 Å². The number of hydrogen-bond donors (Lipinski definition) is 9. The van der Waals surface area contributed by atoms with Crippen LogP contribution in [0.3, 0.4) is 0 Å². The van der Waals surface area contributed by atoms with Crippen molar-refractivity contribution in [1.82, 2.24) is 16.0 Å². The number of carbonyl (C=O) groups is 5. The van der Waals surface area contributed by atoms with Crippen molar-refractivity contribution in [3.63, 3.8) is 0 Å². The van der Waals surface area contributed by atoms with Crippen LogP contribution in [0.4, 0.5) is 0 Å². The first kappa shape index (κ1) is 34.8. The highest BCUT2D eigenvalue weighted by Crippen LogP contribution is 2.08. The second kappa shape index (κ2) is 18.9. The molecule has 0 bridgehead atoms. The van der Waals surface area contributed by atoms with Crippen LogP contribution < -0.4 is 44.6 Å². The van der Waals surface area contributed by atoms with Crippen LogP contribution in [0.1, 0.15) is 50.5 Å². The number of nitrogens with two attached hydrogens (primary N) is 5. The Morgan fingerprint density at radius 2 is 1.39 bits per heavy atom. The summed E-state index contributed by atoms with van der Waals surface area (Å²) in [6.07, 6.45) is 1.60. The van der Waals surface area contributed by atoms with Crippen LogP contribution >= 0.6 is 0 Å². The van der Waals surface area contributed by atoms with Crippen molar-refractivity contribution in [2.75, 3.05) is 13.1 Å². The van der Waals surface area contributed by atoms with Crippen LogP contribution in [0.25, 0.3) is 0 Å². The summed E-state index contributed by atoms with van der Waals surface area (Å²) < 4.78 is 0. The molecular formula is C26H43N9O6. The molecule has 228 valence electrons. The third kappa shape index (κ3) is 14.6. The minimum atomic E-state index is -1.40. The number of hydrogen-bond acceptors (Lipinski definition) is 8. The van der Waals surface area contributed by atoms with Gasteiger partial charge in [0.15, 0.2) is 5.96 Å². The average Bonchev–Trinajstić information content (AvgIpc) is 2.92. The number of guanidine groups is 1. The fourth-order valence-corrected chi connectivity index (χ4v) is 3.84. The Kier molecular flexibility index (Phi) is 16.1. The summed E-state index contributed by atoms with van der Waals surface area (Å²) in [4.78, 5) is 66.0. The van der Waals surface area contributed by atoms with Crippen LogP contribution in [0, 0.1) is 0 Å². The molecule has 4 unspecified atom stereocenters. The fraction of sp³-hybridized carbons (Fsp3) is 0.538. The molecule has 0 fully saturated rings. The number of benzene rings is 1. The van der Waals surface area contributed by atoms with Crippen molar-refractivity contribution in [3.8, 4) is 0 Å². The normalized spacial score (nSPS) is 13.6. The predicted octanol–water partition coefficient (Wildman–Crippen LogP) is -2.46. The molecule has 0 saturated heterocycles. The predicted molar refractivity (Wildman–Crippen MR) is 153 cm³/mol. The van der Waals surface area contributed by atoms with Gasteiger partial charge in [-0.3, -0.25) is 24.2 Å². The van der Waals surface area contributed by atoms with Crippen molar-refractivity contribution < 1.29 is 29.1 Å². The Hall–Kier alpha value is -4.24. The number of aliphatic carboxylic acids is 1. The number of primary amides is 1. The molecule has 41 heavy (non-hydrogen) atoms. The smallest absolute Gasteiger partial charge is 0.326 e. The molecule has 4 amide bonds. The monoisotopic (exact) mass is 577 g/mol. The van der Waals surface area contributed by atoms with Crippen LogP contribution in [-0.4, -0.2) is 77.9 Å². The number of amides is 4. The van der Waals surface area contributed by atoms with Gasteiger partial charge in [-0.1, -0.05) is 30.3 Å². The van der Waals surface area contributed by atoms with Gasteiger partial charge in [-0.25, -0.2) is 4.79 Å². The first-order chi connectivity index (χ1) is 19.4. The number of rotatable bonds is 20. The maximum absolute atomic E-state index is 13.4. The Morgan fingerprint density at radius 1 is 0.780 bits per heavy atom. The molecule has 0 aliphatic carbocycles. The molecule has 1 aromatic carbocycles. The first-order valence-electron chi connectivity index (χ1n) is 13.4. The first-order valence-corrected chi connectivity index (χ1v) is 13.4. The van der Waals surface area contributed by atoms with E-state index in [2.05, 4.69) is 20.9 Å². The zero-order valence-electron chi connectivity index (χ0n) is 23.1. The molecule has 0 spiro atoms. The van der Waals surface area contributed by atoms with Crippen molar-refractivity contribution in [1.29, 1.82) is 0 Å². The highest BCUT2D eigenvalue weighted by atomic mass is 16.4. The van der Waals surface area contributed by atoms with Crippen LogP contribution in [0.15, 0.2) is 35.3 Å². The minimum Gasteiger partial charge on any atom is -0.480 e. The van der Waals surface area contributed by atoms with Gasteiger partial charge < -0.3 is 49.7 Å². The molecule has 14 N–H and O–H groups in total. The van der Waals surface area contributed by atoms with E-state index in [-0.39, 0.29) is 44.6 Å². The quantitative estimate of drug-likeness (QED) is 0.0447. The number of nitrogens with one attached hydrogen (secondary N) is 3. The highest BCUT2D eigenvalue weighted by molar-refractivity contribution is 5.94. The van der Waals surface area contributed by atoms with Crippen LogP contribution in [0.2, 0.25) is 0 Å². The van der Waals surface area contributed by atoms with Crippen molar-refractivity contribution in [2.45, 2.75) is 75.5 Å². The molecule has 1 aromatic rings. The lowest BCUT2D eigenvalue weighted by Crippen LogP contribution is -2.57. The average molecular weight is 578 g/mol. The van der Waals surface area contributed by atoms with E-state index in [1.807, 2.05) is 0 Å². The third-order valence-corrected chi connectivity index (χ3v) is 6.09. The lowest BCUT2D eigenvalue weighted by Gasteiger charge is -2.25. The van der Waals surface area contributed by atoms with Crippen molar-refractivity contribution >= 4 is 35.6 Å². The SMILES string of the molecule is NCCCCC(NC(=O)C(N)CCCN=C(N)N)C(=O)NC(Cc1ccccc1)C(=O)NC(CCC(N)=O)C(=O)O. The van der Waals surface area contributed by atoms with Gasteiger partial charge in [-0.15, -0.1) is 0 Å². The summed E-state index contributed by atoms with van der Waals surface area (Å²) in [6, 6.07) is 4.22. The standard InChI is InChI=1S/C26H43N9O6/c27-13-5-4-10-18(33-22(37)17(28)9-6-14-32-26(30)31)23(38)35-20(15-16-7-2-1-3-8-16)24(39)34-19(25(40)41)11-12-21(29)36/h1-3,7-8,17-20H,4-6,9-15,27-28H2,(H2,29,36)(H,33,37)(H,34,39)(H,35,38)(H,40,41)(H4,30,31,32). The lowest BCUT2D eigenvalue weighted by atomic mass is 10.0. The zero-order valence-corrected chi connectivity index (χ0v) is 23.1. The zero-order chi connectivity index (χ0) is 30.8. The molecule has 0 aromatic heterocycles. The van der Waals surface area contributed by atoms with E-state index < -0.39 is 53.8 Å². The molecule has 0 radical (unpaired) electrons. The van der Waals surface area contributed by atoms with Gasteiger partial charge in [0.2, 0.25) is 23.6 Å². The highest BCUT2D eigenvalue weighted by Gasteiger charge is 2.30. The van der Waals surface area contributed by atoms with E-state index in [0.717, 1.165) is 0 Å². The third-order valence-electron chi connectivity index (χ3n) is 6.09. The van der Waals surface area contributed by atoms with Gasteiger partial charge in [0, 0.05) is 19.4 Å². The molecule has 0 saturated carbocycles. The summed E-state index contributed by atoms with van der Waals surface area (Å²) >= 11 is 0. The van der Waals surface area contributed by atoms with E-state index >= 15 is 0 Å². The van der Waals surface area contributed by atoms with E-state index in [0.29, 0.717) is 31.4 Å². The number of unbranched alkanes of at least 4 members (excludes halogenated alkanes) is 1. The molecule has 15 nitrogen and oxygen atoms in total. The van der Waals surface area contributed by atoms with E-state index in [1.165, 1.54) is 0 Å². The molecule has 1 rings (SSSR count). The lowest BCUT2D eigenvalue weighted by molar-refractivity contribution is -0.142. The Balaban J connectivity index is 3.06. The summed E-state index contributed by atoms with van der Waals surface area (Å²) in [7, 11) is 0. The summed E-state index contributed by atoms with van der Waals surface area (Å²) in [5.74, 6) is -4.14. The molecule has 0 aliphatic rings. The number of carboxylic acid groups (broad SMARTS) is 1. The number of aliphatic imine (C=N–C) groups is 1. The maximum atomic E-state index is 13.4. The molecule has 0 heterocycles. The van der Waals surface area contributed by atoms with Gasteiger partial charge in [0.25, 0.3) is 0 Å². The van der Waals surface area contributed by atoms with E-state index in [4.69, 9.17) is 28.7 Å². The van der Waals surface area contributed by atoms with Crippen molar-refractivity contribution in [2.24, 2.45) is 33.7 Å². The molecular weight excluding hydrogens is 534 g/mol. The van der Waals surface area contributed by atoms with Gasteiger partial charge in [-0.05, 0) is 50.6 Å². The molecule has 0 aliphatic heterocycles. The Bertz CT molecular complexity index is 1030. The number of carboxylic acids is 1. The van der Waals surface area contributed by atoms with Gasteiger partial charge >= 0.3 is 5.97 Å². The van der Waals surface area contributed by atoms with Gasteiger partial charge in [0.05, 0.1) is 6.04 Å². The second-order valence-electron chi connectivity index (χ2n) is 9.56. The van der Waals surface area contributed by atoms with Gasteiger partial charge in [0.1, 0.15) is 18.1 Å². The second-order valence-corrected chi connectivity index (χ2v) is 9.56. The Morgan fingerprint density at radius 3 is 1.98 bits per heavy atom. The fourth-order valence-electron chi connectivity index (χ4n) is 3.84. The van der Waals surface area contributed by atoms with Gasteiger partial charge in [-0.2, -0.15) is 0 Å². The van der Waals surface area contributed by atoms with Crippen LogP contribution in [-0.2, 0) is 30.4 Å². The van der Waals surface area contributed by atoms with E-state index in [9.17, 15) is 29.1 Å². The largest absolute Gasteiger partial charge is 0.480 e. The van der Waals surface area contributed by atoms with Crippen LogP contribution in [0.5, 0.6) is 0 Å². The van der Waals surface area contributed by atoms with Crippen molar-refractivity contribution in [3.05, 3.63) is 35.9 Å². The Labute approximate surface area is 239 Å². The molecule has 4 atom stereocenters. The minimum absolute atomic E-state index is 0.0361. The summed E-state index contributed by atoms with van der Waals surface area (Å²) in [6.45, 7) is 0.671. The maximum Gasteiger partial charge on any atom is 0.326 e. The molecule has 15 heteroatoms. The summed E-state index contributed by atoms with van der Waals surface area (Å²) in [5, 5.41) is 17.2. The number of carbonyl (C=O) groups excluding carboxylic acids is 4. The summed E-state index contributed by atoms with van der Waals surface area (Å²) in [5.41, 5.74) is 28.0. The topological polar surface area (TPSA) is 284 Å².